The van der Waals surface area contributed by atoms with E-state index in [-0.39, 0.29) is 0 Å². The lowest BCUT2D eigenvalue weighted by Crippen LogP contribution is -2.65. The number of fused-ring (bicyclic) bond motifs is 1. The predicted molar refractivity (Wildman–Crippen MR) is 87.5 cm³/mol. The third-order valence-electron chi connectivity index (χ3n) is 8.67. The van der Waals surface area contributed by atoms with Gasteiger partial charge in [-0.15, -0.1) is 0 Å². The van der Waals surface area contributed by atoms with Crippen LogP contribution in [0, 0.1) is 52.8 Å². The van der Waals surface area contributed by atoms with Crippen molar-refractivity contribution < 1.29 is 0 Å². The third kappa shape index (κ3) is 1.66. The van der Waals surface area contributed by atoms with E-state index < -0.39 is 0 Å². The number of hydrogen-bond donors (Lipinski definition) is 0. The van der Waals surface area contributed by atoms with Crippen molar-refractivity contribution in [3.63, 3.8) is 0 Å². The van der Waals surface area contributed by atoms with Gasteiger partial charge in [-0.1, -0.05) is 60.8 Å². The Hall–Kier alpha value is 0. The zero-order valence-electron chi connectivity index (χ0n) is 14.7. The van der Waals surface area contributed by atoms with Crippen molar-refractivity contribution in [3.8, 4) is 0 Å². The Kier molecular flexibility index (Phi) is 3.75. The molecule has 0 aromatic carbocycles. The summed E-state index contributed by atoms with van der Waals surface area (Å²) in [4.78, 5) is 0. The van der Waals surface area contributed by atoms with Crippen LogP contribution >= 0.6 is 0 Å². The van der Waals surface area contributed by atoms with Gasteiger partial charge in [-0.3, -0.25) is 0 Å². The van der Waals surface area contributed by atoms with Crippen LogP contribution in [0.15, 0.2) is 0 Å². The Morgan fingerprint density at radius 2 is 1.55 bits per heavy atom. The predicted octanol–water partition coefficient (Wildman–Crippen LogP) is 6.01. The minimum absolute atomic E-state index is 0.679. The molecule has 4 bridgehead atoms. The fraction of sp³-hybridized carbons (Fsp3) is 1.00. The maximum atomic E-state index is 2.70. The molecule has 0 aromatic rings. The standard InChI is InChI=1S/C20H36/c1-7-14-10-16-13(5)17(9-3)20(6)18(12(14)4)11-19(20)15(16)8-2/h12-19H,7-11H2,1-6H3. The van der Waals surface area contributed by atoms with Gasteiger partial charge < -0.3 is 0 Å². The third-order valence-corrected chi connectivity index (χ3v) is 8.67. The molecule has 0 aromatic heterocycles. The Labute approximate surface area is 127 Å². The van der Waals surface area contributed by atoms with Crippen LogP contribution in [0.1, 0.15) is 73.6 Å². The molecule has 0 nitrogen and oxygen atoms in total. The summed E-state index contributed by atoms with van der Waals surface area (Å²) in [5.74, 6) is 8.09. The molecule has 0 saturated heterocycles. The van der Waals surface area contributed by atoms with Gasteiger partial charge in [-0.25, -0.2) is 0 Å². The van der Waals surface area contributed by atoms with Crippen LogP contribution in [-0.4, -0.2) is 0 Å². The summed E-state index contributed by atoms with van der Waals surface area (Å²) < 4.78 is 0. The molecule has 0 amide bonds. The second-order valence-corrected chi connectivity index (χ2v) is 8.69. The van der Waals surface area contributed by atoms with Crippen LogP contribution in [0.4, 0.5) is 0 Å². The molecule has 0 N–H and O–H groups in total. The molecule has 9 unspecified atom stereocenters. The first-order chi connectivity index (χ1) is 9.50. The first-order valence-corrected chi connectivity index (χ1v) is 9.50. The lowest BCUT2D eigenvalue weighted by Gasteiger charge is -2.71. The van der Waals surface area contributed by atoms with E-state index in [1.54, 1.807) is 6.42 Å². The van der Waals surface area contributed by atoms with Crippen molar-refractivity contribution >= 4 is 0 Å². The van der Waals surface area contributed by atoms with Crippen molar-refractivity contribution in [2.24, 2.45) is 52.8 Å². The quantitative estimate of drug-likeness (QED) is 0.592. The zero-order valence-corrected chi connectivity index (χ0v) is 14.7. The average Bonchev–Trinajstić information content (AvgIpc) is 2.41. The second kappa shape index (κ2) is 5.03. The molecule has 5 saturated carbocycles. The van der Waals surface area contributed by atoms with Gasteiger partial charge in [-0.05, 0) is 65.6 Å². The van der Waals surface area contributed by atoms with Gasteiger partial charge in [0, 0.05) is 0 Å². The molecule has 5 fully saturated rings. The van der Waals surface area contributed by atoms with Crippen molar-refractivity contribution in [1.29, 1.82) is 0 Å². The summed E-state index contributed by atoms with van der Waals surface area (Å²) in [5, 5.41) is 0. The van der Waals surface area contributed by atoms with Crippen molar-refractivity contribution in [3.05, 3.63) is 0 Å². The molecule has 5 aliphatic rings. The SMILES string of the molecule is CCC1CC2C(C)C(CC)C3(C)C(CC3C2CC)C1C. The van der Waals surface area contributed by atoms with Crippen LogP contribution in [-0.2, 0) is 0 Å². The molecular weight excluding hydrogens is 240 g/mol. The smallest absolute Gasteiger partial charge is 0.0233 e. The normalized spacial score (nSPS) is 57.9. The summed E-state index contributed by atoms with van der Waals surface area (Å²) >= 11 is 0. The minimum atomic E-state index is 0.679. The Balaban J connectivity index is 2.03. The fourth-order valence-corrected chi connectivity index (χ4v) is 7.64. The van der Waals surface area contributed by atoms with Crippen LogP contribution < -0.4 is 0 Å². The molecule has 5 aliphatic carbocycles. The Morgan fingerprint density at radius 1 is 0.850 bits per heavy atom. The fourth-order valence-electron chi connectivity index (χ4n) is 7.64. The van der Waals surface area contributed by atoms with Crippen molar-refractivity contribution in [2.75, 3.05) is 0 Å². The monoisotopic (exact) mass is 276 g/mol. The highest BCUT2D eigenvalue weighted by Gasteiger charge is 2.66. The van der Waals surface area contributed by atoms with Gasteiger partial charge in [0.2, 0.25) is 0 Å². The van der Waals surface area contributed by atoms with Crippen LogP contribution in [0.3, 0.4) is 0 Å². The molecule has 0 heteroatoms. The molecule has 9 atom stereocenters. The van der Waals surface area contributed by atoms with E-state index in [4.69, 9.17) is 0 Å². The average molecular weight is 277 g/mol. The summed E-state index contributed by atoms with van der Waals surface area (Å²) in [6, 6.07) is 0. The van der Waals surface area contributed by atoms with Gasteiger partial charge in [0.05, 0.1) is 0 Å². The largest absolute Gasteiger partial charge is 0.0651 e. The molecule has 5 rings (SSSR count). The molecular formula is C20H36. The van der Waals surface area contributed by atoms with Gasteiger partial charge in [0.15, 0.2) is 0 Å². The molecule has 0 spiro atoms. The van der Waals surface area contributed by atoms with E-state index >= 15 is 0 Å². The molecule has 20 heavy (non-hydrogen) atoms. The highest BCUT2D eigenvalue weighted by Crippen LogP contribution is 2.72. The van der Waals surface area contributed by atoms with E-state index in [1.807, 2.05) is 0 Å². The van der Waals surface area contributed by atoms with Crippen LogP contribution in [0.2, 0.25) is 0 Å². The highest BCUT2D eigenvalue weighted by atomic mass is 14.7. The van der Waals surface area contributed by atoms with E-state index in [0.717, 1.165) is 47.3 Å². The van der Waals surface area contributed by atoms with Gasteiger partial charge in [-0.2, -0.15) is 0 Å². The van der Waals surface area contributed by atoms with E-state index in [0.29, 0.717) is 5.41 Å². The second-order valence-electron chi connectivity index (χ2n) is 8.69. The maximum absolute atomic E-state index is 2.70. The van der Waals surface area contributed by atoms with Crippen LogP contribution in [0.5, 0.6) is 0 Å². The van der Waals surface area contributed by atoms with E-state index in [1.165, 1.54) is 25.7 Å². The van der Waals surface area contributed by atoms with Crippen LogP contribution in [0.25, 0.3) is 0 Å². The van der Waals surface area contributed by atoms with Crippen molar-refractivity contribution in [2.45, 2.75) is 73.6 Å². The topological polar surface area (TPSA) is 0 Å². The molecule has 0 aliphatic heterocycles. The zero-order chi connectivity index (χ0) is 14.7. The molecule has 116 valence electrons. The first kappa shape index (κ1) is 14.9. The first-order valence-electron chi connectivity index (χ1n) is 9.50. The Bertz CT molecular complexity index is 359. The summed E-state index contributed by atoms with van der Waals surface area (Å²) in [5.41, 5.74) is 0.679. The number of hydrogen-bond acceptors (Lipinski definition) is 0. The Morgan fingerprint density at radius 3 is 2.10 bits per heavy atom. The summed E-state index contributed by atoms with van der Waals surface area (Å²) in [7, 11) is 0. The number of rotatable bonds is 3. The van der Waals surface area contributed by atoms with Gasteiger partial charge in [0.1, 0.15) is 0 Å². The maximum Gasteiger partial charge on any atom is -0.0233 e. The van der Waals surface area contributed by atoms with Gasteiger partial charge >= 0.3 is 0 Å². The molecule has 0 radical (unpaired) electrons. The van der Waals surface area contributed by atoms with E-state index in [2.05, 4.69) is 41.5 Å². The summed E-state index contributed by atoms with van der Waals surface area (Å²) in [6.45, 7) is 15.3. The lowest BCUT2D eigenvalue weighted by atomic mass is 9.33. The van der Waals surface area contributed by atoms with Crippen molar-refractivity contribution in [1.82, 2.24) is 0 Å². The minimum Gasteiger partial charge on any atom is -0.0651 e. The molecule has 0 heterocycles. The van der Waals surface area contributed by atoms with E-state index in [9.17, 15) is 0 Å². The summed E-state index contributed by atoms with van der Waals surface area (Å²) in [6.07, 6.45) is 7.36. The van der Waals surface area contributed by atoms with Gasteiger partial charge in [0.25, 0.3) is 0 Å². The highest BCUT2D eigenvalue weighted by molar-refractivity contribution is 5.14. The lowest BCUT2D eigenvalue weighted by molar-refractivity contribution is -0.233.